The van der Waals surface area contributed by atoms with Gasteiger partial charge in [0.05, 0.1) is 15.7 Å². The van der Waals surface area contributed by atoms with Gasteiger partial charge in [-0.1, -0.05) is 40.9 Å². The van der Waals surface area contributed by atoms with Crippen LogP contribution in [0.25, 0.3) is 0 Å². The fraction of sp³-hybridized carbons (Fsp3) is 0.176. The fourth-order valence-electron chi connectivity index (χ4n) is 2.07. The Bertz CT molecular complexity index is 728. The Morgan fingerprint density at radius 1 is 1.00 bits per heavy atom. The van der Waals surface area contributed by atoms with Gasteiger partial charge >= 0.3 is 0 Å². The summed E-state index contributed by atoms with van der Waals surface area (Å²) in [4.78, 5) is 26.1. The van der Waals surface area contributed by atoms with E-state index in [1.807, 2.05) is 0 Å². The highest BCUT2D eigenvalue weighted by Gasteiger charge is 2.18. The number of likely N-dealkylation sites (N-methyl/N-ethyl adjacent to an activating group) is 1. The lowest BCUT2D eigenvalue weighted by Crippen LogP contribution is -2.37. The van der Waals surface area contributed by atoms with Crippen molar-refractivity contribution >= 4 is 52.3 Å². The zero-order valence-corrected chi connectivity index (χ0v) is 15.1. The number of hydrogen-bond acceptors (Lipinski definition) is 2. The van der Waals surface area contributed by atoms with E-state index in [1.54, 1.807) is 49.4 Å². The molecule has 4 nitrogen and oxygen atoms in total. The quantitative estimate of drug-likeness (QED) is 0.807. The molecule has 2 aromatic rings. The van der Waals surface area contributed by atoms with Crippen LogP contribution in [-0.4, -0.2) is 29.8 Å². The molecule has 0 saturated carbocycles. The fourth-order valence-corrected chi connectivity index (χ4v) is 2.69. The molecule has 0 aliphatic heterocycles. The molecule has 0 aliphatic rings. The van der Waals surface area contributed by atoms with E-state index in [0.29, 0.717) is 32.9 Å². The average Bonchev–Trinajstić information content (AvgIpc) is 2.56. The van der Waals surface area contributed by atoms with E-state index in [0.717, 1.165) is 0 Å². The van der Waals surface area contributed by atoms with Crippen LogP contribution in [0.5, 0.6) is 0 Å². The van der Waals surface area contributed by atoms with Crippen LogP contribution < -0.4 is 5.32 Å². The number of halogens is 3. The second-order valence-corrected chi connectivity index (χ2v) is 6.22. The van der Waals surface area contributed by atoms with Crippen LogP contribution in [0.15, 0.2) is 42.5 Å². The lowest BCUT2D eigenvalue weighted by Gasteiger charge is -2.21. The molecule has 0 radical (unpaired) electrons. The number of para-hydroxylation sites is 1. The molecule has 7 heteroatoms. The van der Waals surface area contributed by atoms with Crippen molar-refractivity contribution in [2.45, 2.75) is 6.92 Å². The monoisotopic (exact) mass is 384 g/mol. The summed E-state index contributed by atoms with van der Waals surface area (Å²) >= 11 is 17.9. The summed E-state index contributed by atoms with van der Waals surface area (Å²) in [6.07, 6.45) is 0. The number of carbonyl (C=O) groups excluding carboxylic acids is 2. The van der Waals surface area contributed by atoms with Crippen LogP contribution in [0.3, 0.4) is 0 Å². The molecule has 0 unspecified atom stereocenters. The Morgan fingerprint density at radius 3 is 2.12 bits per heavy atom. The van der Waals surface area contributed by atoms with Gasteiger partial charge in [0.2, 0.25) is 5.91 Å². The Labute approximate surface area is 155 Å². The third-order valence-electron chi connectivity index (χ3n) is 3.32. The van der Waals surface area contributed by atoms with E-state index >= 15 is 0 Å². The van der Waals surface area contributed by atoms with Gasteiger partial charge in [-0.05, 0) is 43.3 Å². The van der Waals surface area contributed by atoms with Crippen LogP contribution in [0.1, 0.15) is 17.3 Å². The van der Waals surface area contributed by atoms with Crippen molar-refractivity contribution in [1.82, 2.24) is 4.90 Å². The Hall–Kier alpha value is -1.75. The molecule has 0 fully saturated rings. The third-order valence-corrected chi connectivity index (χ3v) is 4.20. The Kier molecular flexibility index (Phi) is 6.49. The lowest BCUT2D eigenvalue weighted by molar-refractivity contribution is -0.116. The molecular formula is C17H15Cl3N2O2. The molecule has 2 amide bonds. The molecule has 0 bridgehead atoms. The molecule has 0 aromatic heterocycles. The van der Waals surface area contributed by atoms with Gasteiger partial charge in [-0.15, -0.1) is 0 Å². The minimum Gasteiger partial charge on any atom is -0.330 e. The minimum absolute atomic E-state index is 0.112. The largest absolute Gasteiger partial charge is 0.330 e. The van der Waals surface area contributed by atoms with Gasteiger partial charge in [0.1, 0.15) is 6.54 Å². The molecule has 0 atom stereocenters. The van der Waals surface area contributed by atoms with Crippen LogP contribution in [0.2, 0.25) is 15.1 Å². The van der Waals surface area contributed by atoms with E-state index in [2.05, 4.69) is 5.32 Å². The number of nitrogens with zero attached hydrogens (tertiary/aromatic N) is 1. The first-order valence-electron chi connectivity index (χ1n) is 7.21. The zero-order chi connectivity index (χ0) is 17.7. The van der Waals surface area contributed by atoms with Crippen molar-refractivity contribution in [1.29, 1.82) is 0 Å². The summed E-state index contributed by atoms with van der Waals surface area (Å²) in [7, 11) is 0. The van der Waals surface area contributed by atoms with Crippen molar-refractivity contribution in [3.8, 4) is 0 Å². The van der Waals surface area contributed by atoms with Gasteiger partial charge in [-0.3, -0.25) is 9.59 Å². The van der Waals surface area contributed by atoms with Crippen molar-refractivity contribution in [3.63, 3.8) is 0 Å². The maximum atomic E-state index is 12.5. The van der Waals surface area contributed by atoms with Crippen LogP contribution in [0.4, 0.5) is 5.69 Å². The minimum atomic E-state index is -0.380. The highest BCUT2D eigenvalue weighted by molar-refractivity contribution is 6.39. The summed E-state index contributed by atoms with van der Waals surface area (Å²) in [5.74, 6) is -0.635. The van der Waals surface area contributed by atoms with Gasteiger partial charge in [0, 0.05) is 17.1 Å². The molecule has 0 aliphatic carbocycles. The number of anilines is 1. The first-order valence-corrected chi connectivity index (χ1v) is 8.34. The summed E-state index contributed by atoms with van der Waals surface area (Å²) in [6, 6.07) is 11.4. The first-order chi connectivity index (χ1) is 11.4. The van der Waals surface area contributed by atoms with Gasteiger partial charge in [0.15, 0.2) is 0 Å². The van der Waals surface area contributed by atoms with Crippen LogP contribution in [0, 0.1) is 0 Å². The predicted octanol–water partition coefficient (Wildman–Crippen LogP) is 4.75. The molecule has 1 N–H and O–H groups in total. The predicted molar refractivity (Wildman–Crippen MR) is 98.1 cm³/mol. The molecule has 0 saturated heterocycles. The second-order valence-electron chi connectivity index (χ2n) is 4.97. The number of amides is 2. The van der Waals surface area contributed by atoms with Crippen molar-refractivity contribution in [3.05, 3.63) is 63.1 Å². The van der Waals surface area contributed by atoms with E-state index in [4.69, 9.17) is 34.8 Å². The molecule has 24 heavy (non-hydrogen) atoms. The van der Waals surface area contributed by atoms with Gasteiger partial charge in [0.25, 0.3) is 5.91 Å². The lowest BCUT2D eigenvalue weighted by atomic mass is 10.2. The number of rotatable bonds is 5. The normalized spacial score (nSPS) is 10.3. The topological polar surface area (TPSA) is 49.4 Å². The van der Waals surface area contributed by atoms with Crippen molar-refractivity contribution < 1.29 is 9.59 Å². The van der Waals surface area contributed by atoms with Crippen molar-refractivity contribution in [2.75, 3.05) is 18.4 Å². The van der Waals surface area contributed by atoms with E-state index in [9.17, 15) is 9.59 Å². The molecule has 0 heterocycles. The van der Waals surface area contributed by atoms with Gasteiger partial charge < -0.3 is 10.2 Å². The number of hydrogen-bond donors (Lipinski definition) is 1. The molecule has 2 rings (SSSR count). The molecule has 2 aromatic carbocycles. The molecule has 0 spiro atoms. The van der Waals surface area contributed by atoms with Crippen molar-refractivity contribution in [2.24, 2.45) is 0 Å². The third kappa shape index (κ3) is 4.63. The first kappa shape index (κ1) is 18.6. The Morgan fingerprint density at radius 2 is 1.58 bits per heavy atom. The molecular weight excluding hydrogens is 371 g/mol. The summed E-state index contributed by atoms with van der Waals surface area (Å²) in [5, 5.41) is 3.86. The zero-order valence-electron chi connectivity index (χ0n) is 12.9. The van der Waals surface area contributed by atoms with Gasteiger partial charge in [-0.25, -0.2) is 0 Å². The standard InChI is InChI=1S/C17H15Cl3N2O2/c1-2-22(17(24)11-6-8-12(18)9-7-11)10-15(23)21-16-13(19)4-3-5-14(16)20/h3-9H,2,10H2,1H3,(H,21,23). The molecule has 126 valence electrons. The van der Waals surface area contributed by atoms with Gasteiger partial charge in [-0.2, -0.15) is 0 Å². The van der Waals surface area contributed by atoms with Crippen LogP contribution in [-0.2, 0) is 4.79 Å². The van der Waals surface area contributed by atoms with Crippen LogP contribution >= 0.6 is 34.8 Å². The van der Waals surface area contributed by atoms with E-state index in [1.165, 1.54) is 4.90 Å². The number of carbonyl (C=O) groups is 2. The SMILES string of the molecule is CCN(CC(=O)Nc1c(Cl)cccc1Cl)C(=O)c1ccc(Cl)cc1. The second kappa shape index (κ2) is 8.38. The van der Waals surface area contributed by atoms with E-state index in [-0.39, 0.29) is 18.4 Å². The summed E-state index contributed by atoms with van der Waals surface area (Å²) in [6.45, 7) is 2.06. The summed E-state index contributed by atoms with van der Waals surface area (Å²) in [5.41, 5.74) is 0.797. The average molecular weight is 386 g/mol. The maximum absolute atomic E-state index is 12.5. The van der Waals surface area contributed by atoms with E-state index < -0.39 is 0 Å². The number of benzene rings is 2. The maximum Gasteiger partial charge on any atom is 0.254 e. The smallest absolute Gasteiger partial charge is 0.254 e. The number of nitrogens with one attached hydrogen (secondary N) is 1. The highest BCUT2D eigenvalue weighted by atomic mass is 35.5. The highest BCUT2D eigenvalue weighted by Crippen LogP contribution is 2.29. The Balaban J connectivity index is 2.08. The summed E-state index contributed by atoms with van der Waals surface area (Å²) < 4.78 is 0.